The highest BCUT2D eigenvalue weighted by atomic mass is 16.5. The van der Waals surface area contributed by atoms with Gasteiger partial charge in [-0.3, -0.25) is 14.9 Å². The number of methoxy groups -OCH3 is 1. The molecule has 0 bridgehead atoms. The van der Waals surface area contributed by atoms with Crippen molar-refractivity contribution < 1.29 is 14.3 Å². The Bertz CT molecular complexity index is 440. The summed E-state index contributed by atoms with van der Waals surface area (Å²) >= 11 is 0. The van der Waals surface area contributed by atoms with Crippen LogP contribution in [0.15, 0.2) is 0 Å². The number of aryl methyl sites for hydroxylation is 1. The second-order valence-corrected chi connectivity index (χ2v) is 3.63. The maximum atomic E-state index is 11.6. The van der Waals surface area contributed by atoms with E-state index in [9.17, 15) is 9.59 Å². The van der Waals surface area contributed by atoms with Crippen molar-refractivity contribution in [3.63, 3.8) is 0 Å². The molecule has 1 atom stereocenters. The third-order valence-corrected chi connectivity index (χ3v) is 2.42. The van der Waals surface area contributed by atoms with E-state index in [0.717, 1.165) is 0 Å². The van der Waals surface area contributed by atoms with Crippen LogP contribution in [-0.2, 0) is 20.9 Å². The fraction of sp³-hybridized carbons (Fsp3) is 0.556. The third kappa shape index (κ3) is 1.88. The molecule has 7 nitrogen and oxygen atoms in total. The minimum absolute atomic E-state index is 0.0562. The predicted molar refractivity (Wildman–Crippen MR) is 53.5 cm³/mol. The lowest BCUT2D eigenvalue weighted by Crippen LogP contribution is -2.35. The van der Waals surface area contributed by atoms with E-state index in [4.69, 9.17) is 0 Å². The normalized spacial score (nSPS) is 18.9. The lowest BCUT2D eigenvalue weighted by atomic mass is 10.0. The number of ether oxygens (including phenoxy) is 1. The minimum Gasteiger partial charge on any atom is -0.469 e. The van der Waals surface area contributed by atoms with Gasteiger partial charge in [0.25, 0.3) is 0 Å². The van der Waals surface area contributed by atoms with Gasteiger partial charge in [-0.05, 0) is 6.92 Å². The van der Waals surface area contributed by atoms with Gasteiger partial charge in [-0.1, -0.05) is 0 Å². The standard InChI is InChI=1S/C9H12N4O3/c1-5-10-9-11-8(15)6(3-7(14)16-2)4-13(9)12-5/h6H,3-4H2,1-2H3,(H,10,11,12,15)/t6-/m1/s1. The average Bonchev–Trinajstić information content (AvgIpc) is 2.58. The lowest BCUT2D eigenvalue weighted by Gasteiger charge is -2.20. The molecule has 2 rings (SSSR count). The molecule has 1 aliphatic rings. The number of amides is 1. The summed E-state index contributed by atoms with van der Waals surface area (Å²) in [6, 6.07) is 0. The van der Waals surface area contributed by atoms with Gasteiger partial charge in [0.15, 0.2) is 0 Å². The van der Waals surface area contributed by atoms with Crippen LogP contribution in [0.5, 0.6) is 0 Å². The van der Waals surface area contributed by atoms with Crippen molar-refractivity contribution in [2.45, 2.75) is 19.9 Å². The van der Waals surface area contributed by atoms with Crippen molar-refractivity contribution in [3.05, 3.63) is 5.82 Å². The summed E-state index contributed by atoms with van der Waals surface area (Å²) in [5.74, 6) is -0.0376. The van der Waals surface area contributed by atoms with Crippen LogP contribution in [0.2, 0.25) is 0 Å². The molecule has 2 heterocycles. The van der Waals surface area contributed by atoms with Crippen LogP contribution >= 0.6 is 0 Å². The van der Waals surface area contributed by atoms with E-state index >= 15 is 0 Å². The SMILES string of the molecule is COC(=O)C[C@@H]1Cn2nc(C)nc2NC1=O. The highest BCUT2D eigenvalue weighted by Crippen LogP contribution is 2.19. The fourth-order valence-electron chi connectivity index (χ4n) is 1.62. The topological polar surface area (TPSA) is 86.1 Å². The Balaban J connectivity index is 2.14. The van der Waals surface area contributed by atoms with E-state index in [1.165, 1.54) is 7.11 Å². The van der Waals surface area contributed by atoms with Crippen LogP contribution in [0.3, 0.4) is 0 Å². The second kappa shape index (κ2) is 3.92. The van der Waals surface area contributed by atoms with Crippen LogP contribution in [0.4, 0.5) is 5.95 Å². The van der Waals surface area contributed by atoms with Gasteiger partial charge in [0.05, 0.1) is 26.0 Å². The Labute approximate surface area is 91.8 Å². The number of fused-ring (bicyclic) bond motifs is 1. The van der Waals surface area contributed by atoms with Gasteiger partial charge in [0.2, 0.25) is 11.9 Å². The Morgan fingerprint density at radius 3 is 3.12 bits per heavy atom. The quantitative estimate of drug-likeness (QED) is 0.698. The van der Waals surface area contributed by atoms with Crippen molar-refractivity contribution in [2.24, 2.45) is 5.92 Å². The zero-order valence-electron chi connectivity index (χ0n) is 9.06. The highest BCUT2D eigenvalue weighted by Gasteiger charge is 2.30. The monoisotopic (exact) mass is 224 g/mol. The molecular weight excluding hydrogens is 212 g/mol. The predicted octanol–water partition coefficient (Wildman–Crippen LogP) is -0.282. The van der Waals surface area contributed by atoms with Gasteiger partial charge in [0, 0.05) is 0 Å². The summed E-state index contributed by atoms with van der Waals surface area (Å²) in [6.07, 6.45) is 0.0562. The number of anilines is 1. The number of hydrogen-bond acceptors (Lipinski definition) is 5. The molecule has 0 fully saturated rings. The first-order valence-corrected chi connectivity index (χ1v) is 4.89. The van der Waals surface area contributed by atoms with Crippen LogP contribution in [0, 0.1) is 12.8 Å². The maximum Gasteiger partial charge on any atom is 0.306 e. The fourth-order valence-corrected chi connectivity index (χ4v) is 1.62. The first-order chi connectivity index (χ1) is 7.60. The first-order valence-electron chi connectivity index (χ1n) is 4.89. The zero-order valence-corrected chi connectivity index (χ0v) is 9.06. The van der Waals surface area contributed by atoms with E-state index in [2.05, 4.69) is 20.1 Å². The van der Waals surface area contributed by atoms with Crippen molar-refractivity contribution >= 4 is 17.8 Å². The van der Waals surface area contributed by atoms with Crippen molar-refractivity contribution in [3.8, 4) is 0 Å². The van der Waals surface area contributed by atoms with Crippen LogP contribution in [0.25, 0.3) is 0 Å². The Morgan fingerprint density at radius 2 is 2.44 bits per heavy atom. The molecule has 7 heteroatoms. The number of carbonyl (C=O) groups is 2. The maximum absolute atomic E-state index is 11.6. The van der Waals surface area contributed by atoms with Gasteiger partial charge in [-0.2, -0.15) is 10.1 Å². The van der Waals surface area contributed by atoms with Gasteiger partial charge in [-0.25, -0.2) is 4.68 Å². The van der Waals surface area contributed by atoms with Crippen LogP contribution in [-0.4, -0.2) is 33.8 Å². The molecule has 0 aromatic carbocycles. The summed E-state index contributed by atoms with van der Waals surface area (Å²) in [7, 11) is 1.30. The largest absolute Gasteiger partial charge is 0.469 e. The van der Waals surface area contributed by atoms with Crippen molar-refractivity contribution in [1.29, 1.82) is 0 Å². The molecule has 0 saturated carbocycles. The third-order valence-electron chi connectivity index (χ3n) is 2.42. The number of carbonyl (C=O) groups excluding carboxylic acids is 2. The second-order valence-electron chi connectivity index (χ2n) is 3.63. The van der Waals surface area contributed by atoms with E-state index in [1.807, 2.05) is 0 Å². The first kappa shape index (κ1) is 10.6. The van der Waals surface area contributed by atoms with Crippen molar-refractivity contribution in [1.82, 2.24) is 14.8 Å². The van der Waals surface area contributed by atoms with Crippen LogP contribution < -0.4 is 5.32 Å². The summed E-state index contributed by atoms with van der Waals surface area (Å²) in [5, 5.41) is 6.71. The molecule has 1 aliphatic heterocycles. The van der Waals surface area contributed by atoms with Gasteiger partial charge in [0.1, 0.15) is 5.82 Å². The zero-order chi connectivity index (χ0) is 11.7. The molecule has 1 N–H and O–H groups in total. The highest BCUT2D eigenvalue weighted by molar-refractivity contribution is 5.94. The number of esters is 1. The Kier molecular flexibility index (Phi) is 2.59. The summed E-state index contributed by atoms with van der Waals surface area (Å²) in [4.78, 5) is 26.8. The smallest absolute Gasteiger partial charge is 0.306 e. The molecule has 0 unspecified atom stereocenters. The minimum atomic E-state index is -0.443. The lowest BCUT2D eigenvalue weighted by molar-refractivity contribution is -0.143. The Morgan fingerprint density at radius 1 is 1.69 bits per heavy atom. The van der Waals surface area contributed by atoms with E-state index in [0.29, 0.717) is 18.3 Å². The summed E-state index contributed by atoms with van der Waals surface area (Å²) in [6.45, 7) is 2.10. The number of nitrogens with one attached hydrogen (secondary N) is 1. The van der Waals surface area contributed by atoms with E-state index < -0.39 is 11.9 Å². The molecule has 0 radical (unpaired) electrons. The van der Waals surface area contributed by atoms with E-state index in [-0.39, 0.29) is 12.3 Å². The molecule has 16 heavy (non-hydrogen) atoms. The summed E-state index contributed by atoms with van der Waals surface area (Å²) in [5.41, 5.74) is 0. The molecular formula is C9H12N4O3. The summed E-state index contributed by atoms with van der Waals surface area (Å²) < 4.78 is 6.12. The average molecular weight is 224 g/mol. The Hall–Kier alpha value is -1.92. The molecule has 1 amide bonds. The van der Waals surface area contributed by atoms with Gasteiger partial charge < -0.3 is 4.74 Å². The number of hydrogen-bond donors (Lipinski definition) is 1. The molecule has 0 aliphatic carbocycles. The molecule has 0 spiro atoms. The molecule has 0 saturated heterocycles. The van der Waals surface area contributed by atoms with Crippen LogP contribution in [0.1, 0.15) is 12.2 Å². The number of rotatable bonds is 2. The van der Waals surface area contributed by atoms with E-state index in [1.54, 1.807) is 11.6 Å². The molecule has 86 valence electrons. The van der Waals surface area contributed by atoms with Crippen molar-refractivity contribution in [2.75, 3.05) is 12.4 Å². The van der Waals surface area contributed by atoms with Gasteiger partial charge >= 0.3 is 5.97 Å². The molecule has 1 aromatic rings. The molecule has 1 aromatic heterocycles. The van der Waals surface area contributed by atoms with Gasteiger partial charge in [-0.15, -0.1) is 0 Å². The number of nitrogens with zero attached hydrogens (tertiary/aromatic N) is 3. The number of aromatic nitrogens is 3.